The summed E-state index contributed by atoms with van der Waals surface area (Å²) in [6.45, 7) is 2.53. The van der Waals surface area contributed by atoms with Gasteiger partial charge in [0.25, 0.3) is 0 Å². The number of fused-ring (bicyclic) bond motifs is 2. The minimum atomic E-state index is 0.521. The number of benzene rings is 2. The Hall–Kier alpha value is -2.06. The molecule has 1 aliphatic carbocycles. The third kappa shape index (κ3) is 2.05. The van der Waals surface area contributed by atoms with E-state index >= 15 is 0 Å². The van der Waals surface area contributed by atoms with E-state index in [0.29, 0.717) is 12.0 Å². The number of hydrogen-bond acceptors (Lipinski definition) is 1. The van der Waals surface area contributed by atoms with E-state index in [4.69, 9.17) is 0 Å². The van der Waals surface area contributed by atoms with Gasteiger partial charge in [0.2, 0.25) is 0 Å². The van der Waals surface area contributed by atoms with Crippen LogP contribution in [0, 0.1) is 0 Å². The molecule has 3 aromatic rings. The molecule has 2 heteroatoms. The lowest BCUT2D eigenvalue weighted by atomic mass is 9.92. The molecule has 23 heavy (non-hydrogen) atoms. The predicted octanol–water partition coefficient (Wildman–Crippen LogP) is 4.84. The third-order valence-corrected chi connectivity index (χ3v) is 5.77. The van der Waals surface area contributed by atoms with Crippen LogP contribution >= 0.6 is 0 Å². The van der Waals surface area contributed by atoms with Gasteiger partial charge in [-0.2, -0.15) is 0 Å². The van der Waals surface area contributed by atoms with Gasteiger partial charge in [0.15, 0.2) is 0 Å². The number of nitrogens with zero attached hydrogens (tertiary/aromatic N) is 1. The Bertz CT molecular complexity index is 842. The second-order valence-corrected chi connectivity index (χ2v) is 6.97. The number of hydrogen-bond donors (Lipinski definition) is 1. The van der Waals surface area contributed by atoms with E-state index in [0.717, 1.165) is 0 Å². The van der Waals surface area contributed by atoms with Crippen LogP contribution in [0.15, 0.2) is 54.7 Å². The third-order valence-electron chi connectivity index (χ3n) is 5.77. The highest BCUT2D eigenvalue weighted by molar-refractivity contribution is 5.84. The zero-order valence-corrected chi connectivity index (χ0v) is 13.3. The summed E-state index contributed by atoms with van der Waals surface area (Å²) in [7, 11) is 0. The second-order valence-electron chi connectivity index (χ2n) is 6.97. The maximum absolute atomic E-state index is 3.47. The molecule has 5 rings (SSSR count). The monoisotopic (exact) mass is 302 g/mol. The number of nitrogens with one attached hydrogen (secondary N) is 1. The first-order chi connectivity index (χ1) is 11.4. The molecule has 1 N–H and O–H groups in total. The Morgan fingerprint density at radius 2 is 1.57 bits per heavy atom. The van der Waals surface area contributed by atoms with Crippen molar-refractivity contribution < 1.29 is 0 Å². The Morgan fingerprint density at radius 3 is 2.43 bits per heavy atom. The molecule has 0 bridgehead atoms. The highest BCUT2D eigenvalue weighted by atomic mass is 15.2. The normalized spacial score (nSPS) is 24.3. The van der Waals surface area contributed by atoms with Crippen LogP contribution in [0.2, 0.25) is 0 Å². The van der Waals surface area contributed by atoms with Gasteiger partial charge in [-0.15, -0.1) is 0 Å². The zero-order valence-electron chi connectivity index (χ0n) is 13.3. The summed E-state index contributed by atoms with van der Waals surface area (Å²) in [5.41, 5.74) is 5.82. The van der Waals surface area contributed by atoms with Crippen LogP contribution in [0.25, 0.3) is 10.9 Å². The molecule has 0 amide bonds. The lowest BCUT2D eigenvalue weighted by molar-refractivity contribution is 0.241. The molecule has 0 radical (unpaired) electrons. The van der Waals surface area contributed by atoms with Crippen molar-refractivity contribution in [2.75, 3.05) is 13.1 Å². The van der Waals surface area contributed by atoms with Crippen LogP contribution in [-0.2, 0) is 0 Å². The van der Waals surface area contributed by atoms with Crippen molar-refractivity contribution in [1.29, 1.82) is 0 Å². The minimum absolute atomic E-state index is 0.521. The first-order valence-electron chi connectivity index (χ1n) is 8.81. The van der Waals surface area contributed by atoms with Gasteiger partial charge in [-0.05, 0) is 55.1 Å². The van der Waals surface area contributed by atoms with Crippen LogP contribution in [0.5, 0.6) is 0 Å². The average molecular weight is 302 g/mol. The number of aromatic nitrogens is 1. The first kappa shape index (κ1) is 13.4. The quantitative estimate of drug-likeness (QED) is 0.717. The standard InChI is InChI=1S/C21H22N2/c1-2-9-17-15(7-1)18(13-21(17)23-11-5-6-12-23)19-14-22-20-10-4-3-8-16(19)20/h1-4,7-10,14,18,21-22H,5-6,11-13H2. The summed E-state index contributed by atoms with van der Waals surface area (Å²) in [6, 6.07) is 18.4. The molecule has 2 aliphatic rings. The Labute approximate surface area is 137 Å². The van der Waals surface area contributed by atoms with E-state index in [2.05, 4.69) is 64.6 Å². The van der Waals surface area contributed by atoms with Crippen molar-refractivity contribution in [3.05, 3.63) is 71.4 Å². The van der Waals surface area contributed by atoms with Gasteiger partial charge in [-0.3, -0.25) is 4.90 Å². The van der Waals surface area contributed by atoms with E-state index in [9.17, 15) is 0 Å². The molecule has 116 valence electrons. The SMILES string of the molecule is c1ccc2c(c1)C(c1c[nH]c3ccccc13)CC2N1CCCC1. The first-order valence-corrected chi connectivity index (χ1v) is 8.81. The Kier molecular flexibility index (Phi) is 3.05. The number of likely N-dealkylation sites (tertiary alicyclic amines) is 1. The molecule has 2 aromatic carbocycles. The van der Waals surface area contributed by atoms with Crippen molar-refractivity contribution in [2.45, 2.75) is 31.2 Å². The number of para-hydroxylation sites is 1. The van der Waals surface area contributed by atoms with Gasteiger partial charge in [-0.1, -0.05) is 42.5 Å². The second kappa shape index (κ2) is 5.24. The number of H-pyrrole nitrogens is 1. The van der Waals surface area contributed by atoms with Crippen LogP contribution in [-0.4, -0.2) is 23.0 Å². The van der Waals surface area contributed by atoms with Crippen molar-refractivity contribution in [3.8, 4) is 0 Å². The van der Waals surface area contributed by atoms with E-state index in [-0.39, 0.29) is 0 Å². The molecule has 1 aromatic heterocycles. The molecular formula is C21H22N2. The zero-order chi connectivity index (χ0) is 15.2. The largest absolute Gasteiger partial charge is 0.361 e. The Balaban J connectivity index is 1.61. The van der Waals surface area contributed by atoms with Crippen LogP contribution < -0.4 is 0 Å². The summed E-state index contributed by atoms with van der Waals surface area (Å²) < 4.78 is 0. The lowest BCUT2D eigenvalue weighted by Gasteiger charge is -2.24. The number of rotatable bonds is 2. The minimum Gasteiger partial charge on any atom is -0.361 e. The van der Waals surface area contributed by atoms with Crippen LogP contribution in [0.1, 0.15) is 47.9 Å². The summed E-state index contributed by atoms with van der Waals surface area (Å²) >= 11 is 0. The van der Waals surface area contributed by atoms with Gasteiger partial charge >= 0.3 is 0 Å². The van der Waals surface area contributed by atoms with Crippen molar-refractivity contribution >= 4 is 10.9 Å². The molecule has 0 spiro atoms. The van der Waals surface area contributed by atoms with Gasteiger partial charge in [0, 0.05) is 29.1 Å². The fourth-order valence-corrected chi connectivity index (χ4v) is 4.68. The Morgan fingerprint density at radius 1 is 0.826 bits per heavy atom. The maximum atomic E-state index is 3.47. The van der Waals surface area contributed by atoms with Crippen LogP contribution in [0.4, 0.5) is 0 Å². The predicted molar refractivity (Wildman–Crippen MR) is 94.7 cm³/mol. The van der Waals surface area contributed by atoms with Gasteiger partial charge in [0.05, 0.1) is 0 Å². The van der Waals surface area contributed by atoms with Gasteiger partial charge < -0.3 is 4.98 Å². The smallest absolute Gasteiger partial charge is 0.0457 e. The number of aromatic amines is 1. The highest BCUT2D eigenvalue weighted by Crippen LogP contribution is 2.48. The van der Waals surface area contributed by atoms with Gasteiger partial charge in [0.1, 0.15) is 0 Å². The van der Waals surface area contributed by atoms with Crippen LogP contribution in [0.3, 0.4) is 0 Å². The molecule has 1 fully saturated rings. The summed E-state index contributed by atoms with van der Waals surface area (Å²) in [5, 5.41) is 1.38. The lowest BCUT2D eigenvalue weighted by Crippen LogP contribution is -2.23. The summed E-state index contributed by atoms with van der Waals surface area (Å²) in [5.74, 6) is 0.521. The molecule has 2 nitrogen and oxygen atoms in total. The molecule has 2 unspecified atom stereocenters. The van der Waals surface area contributed by atoms with E-state index in [1.54, 1.807) is 5.56 Å². The van der Waals surface area contributed by atoms with E-state index in [1.165, 1.54) is 54.4 Å². The molecule has 2 atom stereocenters. The fraction of sp³-hybridized carbons (Fsp3) is 0.333. The van der Waals surface area contributed by atoms with Crippen molar-refractivity contribution in [1.82, 2.24) is 9.88 Å². The maximum Gasteiger partial charge on any atom is 0.0457 e. The molecule has 2 heterocycles. The van der Waals surface area contributed by atoms with E-state index < -0.39 is 0 Å². The topological polar surface area (TPSA) is 19.0 Å². The summed E-state index contributed by atoms with van der Waals surface area (Å²) in [4.78, 5) is 6.17. The van der Waals surface area contributed by atoms with E-state index in [1.807, 2.05) is 0 Å². The summed E-state index contributed by atoms with van der Waals surface area (Å²) in [6.07, 6.45) is 6.17. The molecule has 1 aliphatic heterocycles. The molecule has 1 saturated heterocycles. The van der Waals surface area contributed by atoms with Gasteiger partial charge in [-0.25, -0.2) is 0 Å². The fourth-order valence-electron chi connectivity index (χ4n) is 4.68. The van der Waals surface area contributed by atoms with Crippen molar-refractivity contribution in [2.24, 2.45) is 0 Å². The highest BCUT2D eigenvalue weighted by Gasteiger charge is 2.36. The average Bonchev–Trinajstić information content (AvgIpc) is 3.32. The molecular weight excluding hydrogens is 280 g/mol. The molecule has 0 saturated carbocycles. The van der Waals surface area contributed by atoms with Crippen molar-refractivity contribution in [3.63, 3.8) is 0 Å².